The molecule has 4 heteroatoms. The Hall–Kier alpha value is -1.10. The Morgan fingerprint density at radius 3 is 2.86 bits per heavy atom. The zero-order valence-corrected chi connectivity index (χ0v) is 12.7. The Bertz CT molecular complexity index is 458. The van der Waals surface area contributed by atoms with Gasteiger partial charge in [-0.05, 0) is 42.9 Å². The third-order valence-corrected chi connectivity index (χ3v) is 4.50. The molecule has 1 aliphatic heterocycles. The molecule has 1 aromatic carbocycles. The number of ether oxygens (including phenoxy) is 1. The van der Waals surface area contributed by atoms with Crippen LogP contribution < -0.4 is 5.32 Å². The number of fused-ring (bicyclic) bond motifs is 1. The van der Waals surface area contributed by atoms with E-state index in [0.29, 0.717) is 6.54 Å². The van der Waals surface area contributed by atoms with Crippen LogP contribution in [0.3, 0.4) is 0 Å². The van der Waals surface area contributed by atoms with Gasteiger partial charge in [-0.2, -0.15) is 0 Å². The van der Waals surface area contributed by atoms with Crippen molar-refractivity contribution in [2.75, 3.05) is 44.7 Å². The number of aliphatic hydroxyl groups is 1. The lowest BCUT2D eigenvalue weighted by molar-refractivity contribution is 0.0171. The first-order valence-electron chi connectivity index (χ1n) is 8.16. The van der Waals surface area contributed by atoms with E-state index in [-0.39, 0.29) is 6.10 Å². The zero-order chi connectivity index (χ0) is 14.5. The summed E-state index contributed by atoms with van der Waals surface area (Å²) >= 11 is 0. The molecule has 1 fully saturated rings. The number of morpholine rings is 1. The van der Waals surface area contributed by atoms with E-state index in [1.165, 1.54) is 36.1 Å². The zero-order valence-electron chi connectivity index (χ0n) is 12.7. The summed E-state index contributed by atoms with van der Waals surface area (Å²) in [7, 11) is 0. The van der Waals surface area contributed by atoms with Crippen molar-refractivity contribution in [3.63, 3.8) is 0 Å². The predicted octanol–water partition coefficient (Wildman–Crippen LogP) is 1.67. The maximum absolute atomic E-state index is 10.2. The molecule has 0 saturated carbocycles. The van der Waals surface area contributed by atoms with Crippen molar-refractivity contribution >= 4 is 5.69 Å². The van der Waals surface area contributed by atoms with Gasteiger partial charge in [0.1, 0.15) is 0 Å². The van der Waals surface area contributed by atoms with Gasteiger partial charge in [0, 0.05) is 31.9 Å². The van der Waals surface area contributed by atoms with E-state index in [2.05, 4.69) is 28.4 Å². The smallest absolute Gasteiger partial charge is 0.0839 e. The second-order valence-corrected chi connectivity index (χ2v) is 6.10. The molecule has 1 atom stereocenters. The summed E-state index contributed by atoms with van der Waals surface area (Å²) in [4.78, 5) is 2.27. The molecular weight excluding hydrogens is 264 g/mol. The molecule has 0 radical (unpaired) electrons. The molecule has 21 heavy (non-hydrogen) atoms. The van der Waals surface area contributed by atoms with Gasteiger partial charge < -0.3 is 15.2 Å². The molecule has 2 aliphatic rings. The minimum Gasteiger partial charge on any atom is -0.390 e. The highest BCUT2D eigenvalue weighted by Crippen LogP contribution is 2.27. The summed E-state index contributed by atoms with van der Waals surface area (Å²) in [5.74, 6) is 0. The number of aliphatic hydroxyl groups excluding tert-OH is 1. The molecule has 0 bridgehead atoms. The highest BCUT2D eigenvalue weighted by atomic mass is 16.5. The van der Waals surface area contributed by atoms with Crippen LogP contribution in [0.25, 0.3) is 0 Å². The fraction of sp³-hybridized carbons (Fsp3) is 0.647. The first-order valence-corrected chi connectivity index (χ1v) is 8.16. The number of nitrogens with zero attached hydrogens (tertiary/aromatic N) is 1. The molecule has 116 valence electrons. The van der Waals surface area contributed by atoms with Crippen LogP contribution >= 0.6 is 0 Å². The summed E-state index contributed by atoms with van der Waals surface area (Å²) in [5, 5.41) is 13.7. The Labute approximate surface area is 127 Å². The first-order chi connectivity index (χ1) is 10.3. The third-order valence-electron chi connectivity index (χ3n) is 4.50. The van der Waals surface area contributed by atoms with Crippen molar-refractivity contribution in [1.29, 1.82) is 0 Å². The fourth-order valence-corrected chi connectivity index (χ4v) is 3.32. The fourth-order valence-electron chi connectivity index (χ4n) is 3.32. The minimum absolute atomic E-state index is 0.331. The van der Waals surface area contributed by atoms with Crippen LogP contribution in [0.15, 0.2) is 18.2 Å². The number of anilines is 1. The standard InChI is InChI=1S/C17H26N2O2/c20-15(13-19-8-10-21-11-9-19)12-18-17-7-3-5-14-4-1-2-6-16(14)17/h3,5,7,15,18,20H,1-2,4,6,8-13H2. The van der Waals surface area contributed by atoms with Crippen molar-refractivity contribution in [3.05, 3.63) is 29.3 Å². The molecule has 4 nitrogen and oxygen atoms in total. The Morgan fingerprint density at radius 1 is 1.19 bits per heavy atom. The quantitative estimate of drug-likeness (QED) is 0.866. The molecular formula is C17H26N2O2. The first kappa shape index (κ1) is 14.8. The number of hydrogen-bond acceptors (Lipinski definition) is 4. The van der Waals surface area contributed by atoms with Crippen LogP contribution in [-0.4, -0.2) is 55.5 Å². The summed E-state index contributed by atoms with van der Waals surface area (Å²) in [6.45, 7) is 4.77. The van der Waals surface area contributed by atoms with Gasteiger partial charge in [0.05, 0.1) is 19.3 Å². The Balaban J connectivity index is 1.52. The number of nitrogens with one attached hydrogen (secondary N) is 1. The number of benzene rings is 1. The monoisotopic (exact) mass is 290 g/mol. The molecule has 1 heterocycles. The second-order valence-electron chi connectivity index (χ2n) is 6.10. The van der Waals surface area contributed by atoms with Gasteiger partial charge >= 0.3 is 0 Å². The van der Waals surface area contributed by atoms with Crippen LogP contribution in [0.2, 0.25) is 0 Å². The van der Waals surface area contributed by atoms with E-state index in [0.717, 1.165) is 39.3 Å². The maximum atomic E-state index is 10.2. The van der Waals surface area contributed by atoms with Crippen LogP contribution in [0, 0.1) is 0 Å². The van der Waals surface area contributed by atoms with Gasteiger partial charge in [0.2, 0.25) is 0 Å². The number of β-amino-alcohol motifs (C(OH)–C–C–N with tert-alkyl or cyclic N) is 1. The number of hydrogen-bond donors (Lipinski definition) is 2. The van der Waals surface area contributed by atoms with Crippen molar-refractivity contribution in [3.8, 4) is 0 Å². The van der Waals surface area contributed by atoms with Crippen molar-refractivity contribution < 1.29 is 9.84 Å². The molecule has 3 rings (SSSR count). The minimum atomic E-state index is -0.331. The summed E-state index contributed by atoms with van der Waals surface area (Å²) in [6.07, 6.45) is 4.61. The van der Waals surface area contributed by atoms with Gasteiger partial charge in [-0.1, -0.05) is 12.1 Å². The largest absolute Gasteiger partial charge is 0.390 e. The molecule has 1 aromatic rings. The maximum Gasteiger partial charge on any atom is 0.0839 e. The van der Waals surface area contributed by atoms with Crippen molar-refractivity contribution in [1.82, 2.24) is 4.90 Å². The van der Waals surface area contributed by atoms with Gasteiger partial charge in [-0.25, -0.2) is 0 Å². The van der Waals surface area contributed by atoms with E-state index in [9.17, 15) is 5.11 Å². The molecule has 0 aromatic heterocycles. The number of aryl methyl sites for hydroxylation is 1. The Morgan fingerprint density at radius 2 is 2.00 bits per heavy atom. The molecule has 1 unspecified atom stereocenters. The van der Waals surface area contributed by atoms with E-state index < -0.39 is 0 Å². The predicted molar refractivity (Wildman–Crippen MR) is 84.8 cm³/mol. The van der Waals surface area contributed by atoms with Gasteiger partial charge in [-0.15, -0.1) is 0 Å². The van der Waals surface area contributed by atoms with E-state index >= 15 is 0 Å². The van der Waals surface area contributed by atoms with E-state index in [1.807, 2.05) is 0 Å². The highest BCUT2D eigenvalue weighted by molar-refractivity contribution is 5.55. The van der Waals surface area contributed by atoms with Gasteiger partial charge in [0.15, 0.2) is 0 Å². The molecule has 1 saturated heterocycles. The van der Waals surface area contributed by atoms with Crippen LogP contribution in [-0.2, 0) is 17.6 Å². The van der Waals surface area contributed by atoms with Crippen LogP contribution in [0.5, 0.6) is 0 Å². The van der Waals surface area contributed by atoms with Gasteiger partial charge in [0.25, 0.3) is 0 Å². The van der Waals surface area contributed by atoms with Crippen LogP contribution in [0.1, 0.15) is 24.0 Å². The lowest BCUT2D eigenvalue weighted by Gasteiger charge is -2.29. The second kappa shape index (κ2) is 7.25. The third kappa shape index (κ3) is 3.96. The number of rotatable bonds is 5. The van der Waals surface area contributed by atoms with E-state index in [1.54, 1.807) is 0 Å². The van der Waals surface area contributed by atoms with Crippen molar-refractivity contribution in [2.45, 2.75) is 31.8 Å². The summed E-state index contributed by atoms with van der Waals surface area (Å²) < 4.78 is 5.33. The van der Waals surface area contributed by atoms with E-state index in [4.69, 9.17) is 4.74 Å². The molecule has 0 spiro atoms. The average molecular weight is 290 g/mol. The average Bonchev–Trinajstić information content (AvgIpc) is 2.54. The lowest BCUT2D eigenvalue weighted by atomic mass is 9.90. The van der Waals surface area contributed by atoms with Gasteiger partial charge in [-0.3, -0.25) is 4.90 Å². The summed E-state index contributed by atoms with van der Waals surface area (Å²) in [5.41, 5.74) is 4.16. The summed E-state index contributed by atoms with van der Waals surface area (Å²) in [6, 6.07) is 6.51. The Kier molecular flexibility index (Phi) is 5.12. The molecule has 2 N–H and O–H groups in total. The SMILES string of the molecule is OC(CNc1cccc2c1CCCC2)CN1CCOCC1. The normalized spacial score (nSPS) is 20.8. The topological polar surface area (TPSA) is 44.7 Å². The molecule has 1 aliphatic carbocycles. The lowest BCUT2D eigenvalue weighted by Crippen LogP contribution is -2.42. The van der Waals surface area contributed by atoms with Crippen LogP contribution in [0.4, 0.5) is 5.69 Å². The highest BCUT2D eigenvalue weighted by Gasteiger charge is 2.16. The van der Waals surface area contributed by atoms with Crippen molar-refractivity contribution in [2.24, 2.45) is 0 Å². The molecule has 0 amide bonds.